The fourth-order valence-corrected chi connectivity index (χ4v) is 2.44. The summed E-state index contributed by atoms with van der Waals surface area (Å²) < 4.78 is 15.6. The number of hydrogen-bond acceptors (Lipinski definition) is 2. The van der Waals surface area contributed by atoms with Crippen molar-refractivity contribution in [1.82, 2.24) is 9.55 Å². The summed E-state index contributed by atoms with van der Waals surface area (Å²) >= 11 is 7.72. The molecule has 0 saturated heterocycles. The van der Waals surface area contributed by atoms with Crippen molar-refractivity contribution in [2.45, 2.75) is 31.5 Å². The van der Waals surface area contributed by atoms with E-state index in [9.17, 15) is 4.39 Å². The Balaban J connectivity index is 2.57. The molecule has 2 nitrogen and oxygen atoms in total. The Labute approximate surface area is 116 Å². The lowest BCUT2D eigenvalue weighted by Crippen LogP contribution is -2.11. The number of rotatable bonds is 4. The van der Waals surface area contributed by atoms with Crippen LogP contribution in [0.1, 0.15) is 18.3 Å². The molecule has 0 aliphatic rings. The maximum absolute atomic E-state index is 13.5. The van der Waals surface area contributed by atoms with Crippen LogP contribution in [0.5, 0.6) is 0 Å². The SMILES string of the molecule is CSC(C)Cn1c(CCl)nc2cc(F)c(C)cc21. The van der Waals surface area contributed by atoms with E-state index in [0.29, 0.717) is 22.2 Å². The third-order valence-corrected chi connectivity index (χ3v) is 4.26. The Bertz CT molecular complexity index is 568. The zero-order valence-electron chi connectivity index (χ0n) is 10.7. The van der Waals surface area contributed by atoms with Gasteiger partial charge in [0.2, 0.25) is 0 Å². The van der Waals surface area contributed by atoms with Gasteiger partial charge in [-0.2, -0.15) is 11.8 Å². The monoisotopic (exact) mass is 286 g/mol. The van der Waals surface area contributed by atoms with Crippen molar-refractivity contribution < 1.29 is 4.39 Å². The van der Waals surface area contributed by atoms with Gasteiger partial charge in [0.1, 0.15) is 11.6 Å². The topological polar surface area (TPSA) is 17.8 Å². The van der Waals surface area contributed by atoms with E-state index in [1.807, 2.05) is 6.07 Å². The number of halogens is 2. The highest BCUT2D eigenvalue weighted by atomic mass is 35.5. The molecule has 0 amide bonds. The molecule has 0 radical (unpaired) electrons. The highest BCUT2D eigenvalue weighted by Crippen LogP contribution is 2.23. The van der Waals surface area contributed by atoms with Gasteiger partial charge in [-0.25, -0.2) is 9.37 Å². The standard InChI is InChI=1S/C13H16ClFN2S/c1-8-4-12-11(5-10(8)15)16-13(6-14)17(12)7-9(2)18-3/h4-5,9H,6-7H2,1-3H3. The molecule has 1 aromatic carbocycles. The largest absolute Gasteiger partial charge is 0.326 e. The molecule has 0 N–H and O–H groups in total. The summed E-state index contributed by atoms with van der Waals surface area (Å²) in [5.74, 6) is 0.931. The zero-order chi connectivity index (χ0) is 13.3. The number of alkyl halides is 1. The fraction of sp³-hybridized carbons (Fsp3) is 0.462. The van der Waals surface area contributed by atoms with Gasteiger partial charge in [-0.15, -0.1) is 11.6 Å². The Morgan fingerprint density at radius 3 is 2.83 bits per heavy atom. The number of nitrogens with zero attached hydrogens (tertiary/aromatic N) is 2. The van der Waals surface area contributed by atoms with Gasteiger partial charge in [-0.1, -0.05) is 6.92 Å². The van der Waals surface area contributed by atoms with Crippen LogP contribution < -0.4 is 0 Å². The lowest BCUT2D eigenvalue weighted by molar-refractivity contribution is 0.620. The number of hydrogen-bond donors (Lipinski definition) is 0. The predicted octanol–water partition coefficient (Wildman–Crippen LogP) is 3.97. The molecule has 0 bridgehead atoms. The number of thioether (sulfide) groups is 1. The summed E-state index contributed by atoms with van der Waals surface area (Å²) in [4.78, 5) is 4.40. The molecule has 0 aliphatic carbocycles. The Hall–Kier alpha value is -0.740. The van der Waals surface area contributed by atoms with Crippen molar-refractivity contribution in [3.05, 3.63) is 29.3 Å². The summed E-state index contributed by atoms with van der Waals surface area (Å²) in [6.07, 6.45) is 2.08. The summed E-state index contributed by atoms with van der Waals surface area (Å²) in [7, 11) is 0. The van der Waals surface area contributed by atoms with E-state index < -0.39 is 0 Å². The van der Waals surface area contributed by atoms with E-state index in [4.69, 9.17) is 11.6 Å². The molecule has 2 rings (SSSR count). The van der Waals surface area contributed by atoms with E-state index in [0.717, 1.165) is 17.9 Å². The summed E-state index contributed by atoms with van der Waals surface area (Å²) in [5.41, 5.74) is 2.29. The van der Waals surface area contributed by atoms with E-state index in [1.54, 1.807) is 18.7 Å². The van der Waals surface area contributed by atoms with E-state index in [-0.39, 0.29) is 5.82 Å². The predicted molar refractivity (Wildman–Crippen MR) is 77.0 cm³/mol. The van der Waals surface area contributed by atoms with Crippen molar-refractivity contribution in [3.63, 3.8) is 0 Å². The second-order valence-electron chi connectivity index (χ2n) is 4.41. The van der Waals surface area contributed by atoms with E-state index in [1.165, 1.54) is 6.07 Å². The van der Waals surface area contributed by atoms with Gasteiger partial charge >= 0.3 is 0 Å². The Morgan fingerprint density at radius 2 is 2.22 bits per heavy atom. The number of imidazole rings is 1. The summed E-state index contributed by atoms with van der Waals surface area (Å²) in [6.45, 7) is 4.76. The average Bonchev–Trinajstić information content (AvgIpc) is 2.67. The van der Waals surface area contributed by atoms with Crippen LogP contribution in [0.15, 0.2) is 12.1 Å². The molecule has 1 unspecified atom stereocenters. The van der Waals surface area contributed by atoms with Crippen LogP contribution in [-0.4, -0.2) is 21.1 Å². The van der Waals surface area contributed by atoms with Crippen LogP contribution in [0.4, 0.5) is 4.39 Å². The average molecular weight is 287 g/mol. The van der Waals surface area contributed by atoms with Crippen molar-refractivity contribution in [3.8, 4) is 0 Å². The van der Waals surface area contributed by atoms with Crippen LogP contribution in [-0.2, 0) is 12.4 Å². The molecule has 0 fully saturated rings. The molecule has 98 valence electrons. The highest BCUT2D eigenvalue weighted by Gasteiger charge is 2.14. The lowest BCUT2D eigenvalue weighted by atomic mass is 10.2. The smallest absolute Gasteiger partial charge is 0.128 e. The molecule has 2 aromatic rings. The van der Waals surface area contributed by atoms with Crippen molar-refractivity contribution in [2.75, 3.05) is 6.26 Å². The molecule has 1 heterocycles. The Kier molecular flexibility index (Phi) is 4.17. The van der Waals surface area contributed by atoms with Crippen LogP contribution in [0.2, 0.25) is 0 Å². The molecule has 18 heavy (non-hydrogen) atoms. The third-order valence-electron chi connectivity index (χ3n) is 3.07. The first-order valence-electron chi connectivity index (χ1n) is 5.80. The highest BCUT2D eigenvalue weighted by molar-refractivity contribution is 7.99. The maximum Gasteiger partial charge on any atom is 0.128 e. The molecule has 0 aliphatic heterocycles. The van der Waals surface area contributed by atoms with E-state index >= 15 is 0 Å². The fourth-order valence-electron chi connectivity index (χ4n) is 1.94. The summed E-state index contributed by atoms with van der Waals surface area (Å²) in [5, 5.41) is 0.467. The van der Waals surface area contributed by atoms with Gasteiger partial charge in [0.15, 0.2) is 0 Å². The minimum absolute atomic E-state index is 0.216. The molecule has 0 spiro atoms. The van der Waals surface area contributed by atoms with Crippen molar-refractivity contribution in [1.29, 1.82) is 0 Å². The first kappa shape index (κ1) is 13.7. The van der Waals surface area contributed by atoms with Crippen molar-refractivity contribution in [2.24, 2.45) is 0 Å². The minimum Gasteiger partial charge on any atom is -0.326 e. The molecular weight excluding hydrogens is 271 g/mol. The number of fused-ring (bicyclic) bond motifs is 1. The maximum atomic E-state index is 13.5. The van der Waals surface area contributed by atoms with Gasteiger partial charge in [-0.05, 0) is 24.8 Å². The first-order valence-corrected chi connectivity index (χ1v) is 7.63. The second-order valence-corrected chi connectivity index (χ2v) is 5.95. The summed E-state index contributed by atoms with van der Waals surface area (Å²) in [6, 6.07) is 3.34. The molecule has 0 saturated carbocycles. The van der Waals surface area contributed by atoms with Crippen LogP contribution >= 0.6 is 23.4 Å². The number of aryl methyl sites for hydroxylation is 1. The van der Waals surface area contributed by atoms with Crippen LogP contribution in [0.25, 0.3) is 11.0 Å². The van der Waals surface area contributed by atoms with Gasteiger partial charge in [0.05, 0.1) is 16.9 Å². The van der Waals surface area contributed by atoms with E-state index in [2.05, 4.69) is 22.7 Å². The zero-order valence-corrected chi connectivity index (χ0v) is 12.3. The Morgan fingerprint density at radius 1 is 1.50 bits per heavy atom. The van der Waals surface area contributed by atoms with Crippen molar-refractivity contribution >= 4 is 34.4 Å². The number of benzene rings is 1. The minimum atomic E-state index is -0.216. The number of aromatic nitrogens is 2. The van der Waals surface area contributed by atoms with Gasteiger partial charge < -0.3 is 4.57 Å². The molecule has 5 heteroatoms. The van der Waals surface area contributed by atoms with Gasteiger partial charge in [0.25, 0.3) is 0 Å². The molecule has 1 atom stereocenters. The molecule has 1 aromatic heterocycles. The second kappa shape index (κ2) is 5.49. The third kappa shape index (κ3) is 2.50. The van der Waals surface area contributed by atoms with Gasteiger partial charge in [-0.3, -0.25) is 0 Å². The quantitative estimate of drug-likeness (QED) is 0.792. The lowest BCUT2D eigenvalue weighted by Gasteiger charge is -2.12. The van der Waals surface area contributed by atoms with Crippen LogP contribution in [0.3, 0.4) is 0 Å². The molecular formula is C13H16ClFN2S. The first-order chi connectivity index (χ1) is 8.56. The van der Waals surface area contributed by atoms with Gasteiger partial charge in [0, 0.05) is 17.9 Å². The normalized spacial score (nSPS) is 13.2. The van der Waals surface area contributed by atoms with Crippen LogP contribution in [0, 0.1) is 12.7 Å².